The van der Waals surface area contributed by atoms with Gasteiger partial charge in [0.05, 0.1) is 11.6 Å². The van der Waals surface area contributed by atoms with Gasteiger partial charge >= 0.3 is 6.09 Å². The van der Waals surface area contributed by atoms with Gasteiger partial charge in [-0.3, -0.25) is 9.69 Å². The second kappa shape index (κ2) is 10.1. The minimum atomic E-state index is -0.440. The van der Waals surface area contributed by atoms with E-state index in [2.05, 4.69) is 10.2 Å². The molecule has 0 unspecified atom stereocenters. The van der Waals surface area contributed by atoms with E-state index in [-0.39, 0.29) is 12.5 Å². The number of likely N-dealkylation sites (N-methyl/N-ethyl adjacent to an activating group) is 1. The first-order valence-electron chi connectivity index (χ1n) is 8.32. The van der Waals surface area contributed by atoms with Crippen molar-refractivity contribution in [2.24, 2.45) is 0 Å². The Bertz CT molecular complexity index is 577. The molecular weight excluding hydrogens is 346 g/mol. The Balaban J connectivity index is 1.60. The number of benzene rings is 1. The topological polar surface area (TPSA) is 71.1 Å². The van der Waals surface area contributed by atoms with Gasteiger partial charge in [0.25, 0.3) is 5.91 Å². The van der Waals surface area contributed by atoms with Crippen molar-refractivity contribution >= 4 is 23.6 Å². The lowest BCUT2D eigenvalue weighted by atomic mass is 10.3. The number of rotatable bonds is 7. The monoisotopic (exact) mass is 369 g/mol. The van der Waals surface area contributed by atoms with E-state index in [9.17, 15) is 9.59 Å². The molecule has 0 spiro atoms. The van der Waals surface area contributed by atoms with E-state index in [1.165, 1.54) is 7.05 Å². The lowest BCUT2D eigenvalue weighted by molar-refractivity contribution is -0.123. The molecule has 0 aromatic heterocycles. The zero-order chi connectivity index (χ0) is 18.1. The maximum absolute atomic E-state index is 11.8. The van der Waals surface area contributed by atoms with Crippen molar-refractivity contribution < 1.29 is 19.1 Å². The summed E-state index contributed by atoms with van der Waals surface area (Å²) in [7, 11) is 1.50. The quantitative estimate of drug-likeness (QED) is 0.739. The van der Waals surface area contributed by atoms with Crippen molar-refractivity contribution in [3.63, 3.8) is 0 Å². The Morgan fingerprint density at radius 3 is 2.60 bits per heavy atom. The Hall–Kier alpha value is -1.99. The van der Waals surface area contributed by atoms with Crippen LogP contribution in [0.1, 0.15) is 6.42 Å². The van der Waals surface area contributed by atoms with Gasteiger partial charge in [-0.2, -0.15) is 0 Å². The molecule has 1 aromatic carbocycles. The van der Waals surface area contributed by atoms with Crippen LogP contribution in [0.15, 0.2) is 24.3 Å². The van der Waals surface area contributed by atoms with E-state index in [1.807, 2.05) is 18.2 Å². The van der Waals surface area contributed by atoms with E-state index in [4.69, 9.17) is 21.1 Å². The fraction of sp³-hybridized carbons (Fsp3) is 0.529. The highest BCUT2D eigenvalue weighted by Gasteiger charge is 2.22. The van der Waals surface area contributed by atoms with E-state index in [0.717, 1.165) is 26.1 Å². The number of halogens is 1. The Morgan fingerprint density at radius 1 is 1.20 bits per heavy atom. The molecule has 1 aliphatic rings. The van der Waals surface area contributed by atoms with Crippen molar-refractivity contribution in [2.45, 2.75) is 6.42 Å². The van der Waals surface area contributed by atoms with E-state index < -0.39 is 6.09 Å². The third-order valence-electron chi connectivity index (χ3n) is 3.95. The van der Waals surface area contributed by atoms with Crippen molar-refractivity contribution in [1.29, 1.82) is 0 Å². The van der Waals surface area contributed by atoms with Gasteiger partial charge in [-0.25, -0.2) is 4.79 Å². The number of amides is 2. The van der Waals surface area contributed by atoms with Crippen LogP contribution in [0.2, 0.25) is 5.02 Å². The molecule has 7 nitrogen and oxygen atoms in total. The van der Waals surface area contributed by atoms with Crippen molar-refractivity contribution in [3.05, 3.63) is 29.3 Å². The molecule has 0 bridgehead atoms. The van der Waals surface area contributed by atoms with Gasteiger partial charge in [0.1, 0.15) is 5.75 Å². The molecule has 1 aliphatic heterocycles. The predicted octanol–water partition coefficient (Wildman–Crippen LogP) is 1.61. The van der Waals surface area contributed by atoms with Crippen LogP contribution in [0.4, 0.5) is 4.79 Å². The van der Waals surface area contributed by atoms with Gasteiger partial charge < -0.3 is 19.7 Å². The zero-order valence-corrected chi connectivity index (χ0v) is 15.1. The van der Waals surface area contributed by atoms with Gasteiger partial charge in [-0.1, -0.05) is 23.7 Å². The molecule has 2 amide bonds. The third-order valence-corrected chi connectivity index (χ3v) is 4.26. The van der Waals surface area contributed by atoms with Gasteiger partial charge in [0.2, 0.25) is 0 Å². The van der Waals surface area contributed by atoms with E-state index in [0.29, 0.717) is 30.5 Å². The zero-order valence-electron chi connectivity index (χ0n) is 14.4. The molecule has 8 heteroatoms. The van der Waals surface area contributed by atoms with Crippen LogP contribution >= 0.6 is 11.6 Å². The molecule has 0 saturated carbocycles. The summed E-state index contributed by atoms with van der Waals surface area (Å²) in [4.78, 5) is 26.8. The lowest BCUT2D eigenvalue weighted by Crippen LogP contribution is -2.49. The molecule has 138 valence electrons. The maximum Gasteiger partial charge on any atom is 0.410 e. The molecule has 0 radical (unpaired) electrons. The number of carbonyl (C=O) groups is 2. The van der Waals surface area contributed by atoms with Crippen molar-refractivity contribution in [3.8, 4) is 5.75 Å². The van der Waals surface area contributed by atoms with Crippen molar-refractivity contribution in [2.75, 3.05) is 53.0 Å². The average Bonchev–Trinajstić information content (AvgIpc) is 2.64. The maximum atomic E-state index is 11.8. The minimum Gasteiger partial charge on any atom is -0.492 e. The van der Waals surface area contributed by atoms with Crippen LogP contribution < -0.4 is 10.1 Å². The van der Waals surface area contributed by atoms with Gasteiger partial charge in [-0.15, -0.1) is 0 Å². The van der Waals surface area contributed by atoms with Gasteiger partial charge in [0, 0.05) is 39.8 Å². The second-order valence-corrected chi connectivity index (χ2v) is 6.10. The Morgan fingerprint density at radius 2 is 1.92 bits per heavy atom. The minimum absolute atomic E-state index is 0.241. The first-order chi connectivity index (χ1) is 12.1. The van der Waals surface area contributed by atoms with Gasteiger partial charge in [-0.05, 0) is 18.6 Å². The number of piperazine rings is 1. The summed E-state index contributed by atoms with van der Waals surface area (Å²) in [5.74, 6) is 0.387. The highest BCUT2D eigenvalue weighted by molar-refractivity contribution is 6.32. The molecule has 1 fully saturated rings. The summed E-state index contributed by atoms with van der Waals surface area (Å²) >= 11 is 6.04. The number of nitrogens with one attached hydrogen (secondary N) is 1. The van der Waals surface area contributed by atoms with Crippen LogP contribution in [-0.4, -0.2) is 74.8 Å². The molecule has 1 N–H and O–H groups in total. The lowest BCUT2D eigenvalue weighted by Gasteiger charge is -2.33. The molecule has 1 saturated heterocycles. The predicted molar refractivity (Wildman–Crippen MR) is 95.0 cm³/mol. The summed E-state index contributed by atoms with van der Waals surface area (Å²) in [6.45, 7) is 4.00. The molecule has 0 aliphatic carbocycles. The normalized spacial score (nSPS) is 14.9. The highest BCUT2D eigenvalue weighted by atomic mass is 35.5. The number of ether oxygens (including phenoxy) is 2. The third kappa shape index (κ3) is 6.43. The Kier molecular flexibility index (Phi) is 7.81. The summed E-state index contributed by atoms with van der Waals surface area (Å²) in [5.41, 5.74) is 0. The van der Waals surface area contributed by atoms with Crippen LogP contribution in [-0.2, 0) is 9.53 Å². The SMILES string of the molecule is CNC(=O)COC(=O)N1CCN(CCCOc2ccccc2Cl)CC1. The molecule has 1 heterocycles. The van der Waals surface area contributed by atoms with E-state index >= 15 is 0 Å². The fourth-order valence-electron chi connectivity index (χ4n) is 2.48. The number of hydrogen-bond donors (Lipinski definition) is 1. The van der Waals surface area contributed by atoms with E-state index in [1.54, 1.807) is 11.0 Å². The first kappa shape index (κ1) is 19.3. The Labute approximate surface area is 152 Å². The highest BCUT2D eigenvalue weighted by Crippen LogP contribution is 2.23. The standard InChI is InChI=1S/C17H24ClN3O4/c1-19-16(22)13-25-17(23)21-10-8-20(9-11-21)7-4-12-24-15-6-3-2-5-14(15)18/h2-3,5-6H,4,7-13H2,1H3,(H,19,22). The number of hydrogen-bond acceptors (Lipinski definition) is 5. The van der Waals surface area contributed by atoms with Crippen LogP contribution in [0.5, 0.6) is 5.75 Å². The second-order valence-electron chi connectivity index (χ2n) is 5.69. The van der Waals surface area contributed by atoms with Gasteiger partial charge in [0.15, 0.2) is 6.61 Å². The number of nitrogens with zero attached hydrogens (tertiary/aromatic N) is 2. The summed E-state index contributed by atoms with van der Waals surface area (Å²) in [6.07, 6.45) is 0.442. The average molecular weight is 370 g/mol. The summed E-state index contributed by atoms with van der Waals surface area (Å²) in [5, 5.41) is 3.03. The summed E-state index contributed by atoms with van der Waals surface area (Å²) < 4.78 is 10.6. The molecule has 2 rings (SSSR count). The number of carbonyl (C=O) groups excluding carboxylic acids is 2. The molecular formula is C17H24ClN3O4. The fourth-order valence-corrected chi connectivity index (χ4v) is 2.67. The molecule has 1 aromatic rings. The van der Waals surface area contributed by atoms with Crippen LogP contribution in [0, 0.1) is 0 Å². The largest absolute Gasteiger partial charge is 0.492 e. The van der Waals surface area contributed by atoms with Crippen LogP contribution in [0.25, 0.3) is 0 Å². The number of para-hydroxylation sites is 1. The smallest absolute Gasteiger partial charge is 0.410 e. The van der Waals surface area contributed by atoms with Crippen molar-refractivity contribution in [1.82, 2.24) is 15.1 Å². The first-order valence-corrected chi connectivity index (χ1v) is 8.70. The molecule has 25 heavy (non-hydrogen) atoms. The van der Waals surface area contributed by atoms with Crippen LogP contribution in [0.3, 0.4) is 0 Å². The summed E-state index contributed by atoms with van der Waals surface area (Å²) in [6, 6.07) is 7.42. The molecule has 0 atom stereocenters.